The number of hydrogen-bond donors (Lipinski definition) is 2. The average molecular weight is 528 g/mol. The lowest BCUT2D eigenvalue weighted by Crippen LogP contribution is -2.32. The summed E-state index contributed by atoms with van der Waals surface area (Å²) in [4.78, 5) is 6.95. The Hall–Kier alpha value is -2.20. The molecule has 0 aliphatic heterocycles. The zero-order valence-electron chi connectivity index (χ0n) is 18.6. The van der Waals surface area contributed by atoms with Crippen molar-refractivity contribution in [3.63, 3.8) is 0 Å². The van der Waals surface area contributed by atoms with Gasteiger partial charge < -0.3 is 29.7 Å². The van der Waals surface area contributed by atoms with E-state index in [1.165, 1.54) is 0 Å². The molecule has 0 aromatic heterocycles. The smallest absolute Gasteiger partial charge is 0.195 e. The molecule has 8 heteroatoms. The van der Waals surface area contributed by atoms with Gasteiger partial charge in [-0.15, -0.1) is 24.0 Å². The number of likely N-dealkylation sites (N-methyl/N-ethyl adjacent to an activating group) is 1. The number of aliphatic imine (C=N–C) groups is 1. The predicted octanol–water partition coefficient (Wildman–Crippen LogP) is 4.01. The molecule has 0 radical (unpaired) electrons. The molecule has 2 aromatic rings. The summed E-state index contributed by atoms with van der Waals surface area (Å²) in [6.45, 7) is 3.38. The first-order valence-electron chi connectivity index (χ1n) is 9.60. The van der Waals surface area contributed by atoms with Crippen LogP contribution in [0.15, 0.2) is 47.5 Å². The van der Waals surface area contributed by atoms with E-state index in [1.54, 1.807) is 21.3 Å². The van der Waals surface area contributed by atoms with Crippen LogP contribution in [0, 0.1) is 0 Å². The zero-order chi connectivity index (χ0) is 21.2. The molecule has 0 amide bonds. The van der Waals surface area contributed by atoms with Crippen LogP contribution in [-0.2, 0) is 0 Å². The second kappa shape index (κ2) is 13.2. The van der Waals surface area contributed by atoms with E-state index in [0.717, 1.165) is 23.5 Å². The van der Waals surface area contributed by atoms with E-state index in [0.29, 0.717) is 24.0 Å². The van der Waals surface area contributed by atoms with Crippen LogP contribution in [0.3, 0.4) is 0 Å². The van der Waals surface area contributed by atoms with Gasteiger partial charge in [-0.05, 0) is 50.8 Å². The fraction of sp³-hybridized carbons (Fsp3) is 0.409. The van der Waals surface area contributed by atoms with Gasteiger partial charge in [-0.2, -0.15) is 0 Å². The van der Waals surface area contributed by atoms with Gasteiger partial charge in [0.15, 0.2) is 17.5 Å². The van der Waals surface area contributed by atoms with Crippen molar-refractivity contribution in [3.8, 4) is 17.2 Å². The normalized spacial score (nSPS) is 12.0. The summed E-state index contributed by atoms with van der Waals surface area (Å²) in [5, 5.41) is 6.62. The van der Waals surface area contributed by atoms with E-state index in [4.69, 9.17) is 19.2 Å². The first-order chi connectivity index (χ1) is 14.0. The predicted molar refractivity (Wildman–Crippen MR) is 134 cm³/mol. The number of hydrogen-bond acceptors (Lipinski definition) is 5. The van der Waals surface area contributed by atoms with Crippen LogP contribution in [0.2, 0.25) is 0 Å². The molecule has 2 aromatic carbocycles. The van der Waals surface area contributed by atoms with Crippen molar-refractivity contribution in [2.24, 2.45) is 4.99 Å². The summed E-state index contributed by atoms with van der Waals surface area (Å²) in [5.41, 5.74) is 2.02. The third-order valence-corrected chi connectivity index (χ3v) is 4.51. The highest BCUT2D eigenvalue weighted by molar-refractivity contribution is 14.0. The van der Waals surface area contributed by atoms with Crippen LogP contribution >= 0.6 is 24.0 Å². The molecule has 0 saturated heterocycles. The van der Waals surface area contributed by atoms with Crippen molar-refractivity contribution in [2.75, 3.05) is 53.8 Å². The van der Waals surface area contributed by atoms with Gasteiger partial charge in [0.25, 0.3) is 0 Å². The van der Waals surface area contributed by atoms with Crippen molar-refractivity contribution >= 4 is 35.6 Å². The Kier molecular flexibility index (Phi) is 11.3. The molecule has 2 N–H and O–H groups in total. The second-order valence-corrected chi connectivity index (χ2v) is 6.67. The van der Waals surface area contributed by atoms with Gasteiger partial charge in [-0.1, -0.05) is 12.1 Å². The number of rotatable bonds is 9. The molecule has 0 fully saturated rings. The standard InChI is InChI=1S/C22H32N4O3.HI/c1-7-23-22(25-17-11-12-20(28-5)21(14-17)29-6)24-15-19(26(2)3)16-9-8-10-18(13-16)27-4;/h8-14,19H,7,15H2,1-6H3,(H2,23,24,25);1H. The number of nitrogens with one attached hydrogen (secondary N) is 2. The van der Waals surface area contributed by atoms with E-state index in [9.17, 15) is 0 Å². The molecule has 0 aliphatic rings. The number of methoxy groups -OCH3 is 3. The molecule has 30 heavy (non-hydrogen) atoms. The van der Waals surface area contributed by atoms with Gasteiger partial charge in [0.1, 0.15) is 5.75 Å². The SMILES string of the molecule is CCNC(=NCC(c1cccc(OC)c1)N(C)C)Nc1ccc(OC)c(OC)c1.I. The van der Waals surface area contributed by atoms with Gasteiger partial charge in [-0.3, -0.25) is 4.99 Å². The van der Waals surface area contributed by atoms with Crippen LogP contribution in [0.1, 0.15) is 18.5 Å². The van der Waals surface area contributed by atoms with Crippen LogP contribution in [-0.4, -0.2) is 59.4 Å². The molecule has 1 unspecified atom stereocenters. The number of benzene rings is 2. The largest absolute Gasteiger partial charge is 0.497 e. The lowest BCUT2D eigenvalue weighted by molar-refractivity contribution is 0.305. The Morgan fingerprint density at radius 1 is 1.00 bits per heavy atom. The molecule has 2 rings (SSSR count). The minimum absolute atomic E-state index is 0. The summed E-state index contributed by atoms with van der Waals surface area (Å²) in [6, 6.07) is 13.9. The third kappa shape index (κ3) is 7.24. The second-order valence-electron chi connectivity index (χ2n) is 6.67. The molecule has 0 heterocycles. The van der Waals surface area contributed by atoms with Crippen molar-refractivity contribution in [1.82, 2.24) is 10.2 Å². The Morgan fingerprint density at radius 3 is 2.33 bits per heavy atom. The van der Waals surface area contributed by atoms with Gasteiger partial charge in [0.2, 0.25) is 0 Å². The van der Waals surface area contributed by atoms with Crippen LogP contribution in [0.4, 0.5) is 5.69 Å². The molecule has 0 bridgehead atoms. The number of ether oxygens (including phenoxy) is 3. The fourth-order valence-corrected chi connectivity index (χ4v) is 2.95. The number of halogens is 1. The van der Waals surface area contributed by atoms with E-state index >= 15 is 0 Å². The number of guanidine groups is 1. The van der Waals surface area contributed by atoms with Crippen molar-refractivity contribution in [3.05, 3.63) is 48.0 Å². The summed E-state index contributed by atoms with van der Waals surface area (Å²) >= 11 is 0. The highest BCUT2D eigenvalue weighted by atomic mass is 127. The van der Waals surface area contributed by atoms with Gasteiger partial charge in [0, 0.05) is 18.3 Å². The summed E-state index contributed by atoms with van der Waals surface area (Å²) < 4.78 is 16.1. The molecule has 7 nitrogen and oxygen atoms in total. The average Bonchev–Trinajstić information content (AvgIpc) is 2.73. The third-order valence-electron chi connectivity index (χ3n) is 4.51. The lowest BCUT2D eigenvalue weighted by atomic mass is 10.1. The van der Waals surface area contributed by atoms with E-state index in [1.807, 2.05) is 51.4 Å². The molecular weight excluding hydrogens is 495 g/mol. The van der Waals surface area contributed by atoms with E-state index < -0.39 is 0 Å². The van der Waals surface area contributed by atoms with Crippen LogP contribution in [0.25, 0.3) is 0 Å². The van der Waals surface area contributed by atoms with Crippen molar-refractivity contribution < 1.29 is 14.2 Å². The van der Waals surface area contributed by atoms with Crippen molar-refractivity contribution in [2.45, 2.75) is 13.0 Å². The quantitative estimate of drug-likeness (QED) is 0.291. The Balaban J connectivity index is 0.00000450. The molecule has 0 spiro atoms. The first-order valence-corrected chi connectivity index (χ1v) is 9.60. The molecule has 0 saturated carbocycles. The van der Waals surface area contributed by atoms with Crippen molar-refractivity contribution in [1.29, 1.82) is 0 Å². The molecule has 166 valence electrons. The van der Waals surface area contributed by atoms with E-state index in [2.05, 4.69) is 27.7 Å². The van der Waals surface area contributed by atoms with Gasteiger partial charge in [-0.25, -0.2) is 0 Å². The molecular formula is C22H33IN4O3. The van der Waals surface area contributed by atoms with E-state index in [-0.39, 0.29) is 30.0 Å². The minimum atomic E-state index is 0. The maximum atomic E-state index is 5.38. The highest BCUT2D eigenvalue weighted by Gasteiger charge is 2.15. The highest BCUT2D eigenvalue weighted by Crippen LogP contribution is 2.29. The van der Waals surface area contributed by atoms with Gasteiger partial charge >= 0.3 is 0 Å². The first kappa shape index (κ1) is 25.8. The number of anilines is 1. The van der Waals surface area contributed by atoms with Crippen LogP contribution < -0.4 is 24.8 Å². The zero-order valence-corrected chi connectivity index (χ0v) is 20.9. The Bertz CT molecular complexity index is 815. The fourth-order valence-electron chi connectivity index (χ4n) is 2.95. The van der Waals surface area contributed by atoms with Crippen LogP contribution in [0.5, 0.6) is 17.2 Å². The Labute approximate surface area is 196 Å². The number of nitrogens with zero attached hydrogens (tertiary/aromatic N) is 2. The Morgan fingerprint density at radius 2 is 1.73 bits per heavy atom. The lowest BCUT2D eigenvalue weighted by Gasteiger charge is -2.24. The van der Waals surface area contributed by atoms with Gasteiger partial charge in [0.05, 0.1) is 33.9 Å². The maximum Gasteiger partial charge on any atom is 0.195 e. The monoisotopic (exact) mass is 528 g/mol. The summed E-state index contributed by atoms with van der Waals surface area (Å²) in [5.74, 6) is 2.89. The molecule has 1 atom stereocenters. The summed E-state index contributed by atoms with van der Waals surface area (Å²) in [6.07, 6.45) is 0. The molecule has 0 aliphatic carbocycles. The maximum absolute atomic E-state index is 5.38. The minimum Gasteiger partial charge on any atom is -0.497 e. The topological polar surface area (TPSA) is 67.4 Å². The summed E-state index contributed by atoms with van der Waals surface area (Å²) in [7, 11) is 9.02.